The zero-order valence-corrected chi connectivity index (χ0v) is 20.1. The molecule has 2 atom stereocenters. The van der Waals surface area contributed by atoms with E-state index in [1.807, 2.05) is 61.5 Å². The number of methoxy groups -OCH3 is 1. The fourth-order valence-corrected chi connectivity index (χ4v) is 4.32. The summed E-state index contributed by atoms with van der Waals surface area (Å²) in [5.41, 5.74) is 7.37. The van der Waals surface area contributed by atoms with Crippen molar-refractivity contribution in [3.05, 3.63) is 64.6 Å². The van der Waals surface area contributed by atoms with E-state index in [0.717, 1.165) is 20.8 Å². The monoisotopic (exact) mass is 511 g/mol. The molecular formula is C25H26BrN3O4. The van der Waals surface area contributed by atoms with Crippen molar-refractivity contribution >= 4 is 44.2 Å². The third kappa shape index (κ3) is 4.67. The van der Waals surface area contributed by atoms with Crippen molar-refractivity contribution in [3.8, 4) is 11.5 Å². The Morgan fingerprint density at radius 2 is 2.06 bits per heavy atom. The highest BCUT2D eigenvalue weighted by molar-refractivity contribution is 9.10. The fraction of sp³-hybridized carbons (Fsp3) is 0.280. The van der Waals surface area contributed by atoms with Crippen LogP contribution in [-0.2, 0) is 16.1 Å². The molecule has 0 fully saturated rings. The molecule has 0 aromatic heterocycles. The molecular weight excluding hydrogens is 486 g/mol. The molecule has 33 heavy (non-hydrogen) atoms. The molecule has 0 bridgehead atoms. The Bertz CT molecular complexity index is 1200. The maximum atomic E-state index is 13.7. The summed E-state index contributed by atoms with van der Waals surface area (Å²) in [5.74, 6) is 0.601. The van der Waals surface area contributed by atoms with Crippen molar-refractivity contribution in [3.63, 3.8) is 0 Å². The number of amides is 2. The van der Waals surface area contributed by atoms with E-state index in [1.165, 1.54) is 0 Å². The number of hydrogen-bond acceptors (Lipinski definition) is 5. The minimum absolute atomic E-state index is 0.0220. The number of carbonyl (C=O) groups is 2. The number of ether oxygens (including phenoxy) is 2. The van der Waals surface area contributed by atoms with Crippen molar-refractivity contribution < 1.29 is 19.1 Å². The van der Waals surface area contributed by atoms with Gasteiger partial charge in [0.2, 0.25) is 5.91 Å². The Morgan fingerprint density at radius 1 is 1.27 bits per heavy atom. The van der Waals surface area contributed by atoms with Gasteiger partial charge in [-0.2, -0.15) is 0 Å². The third-order valence-electron chi connectivity index (χ3n) is 5.81. The summed E-state index contributed by atoms with van der Waals surface area (Å²) in [6.45, 7) is 2.09. The van der Waals surface area contributed by atoms with E-state index in [0.29, 0.717) is 23.6 Å². The van der Waals surface area contributed by atoms with Crippen LogP contribution in [0.2, 0.25) is 0 Å². The highest BCUT2D eigenvalue weighted by Crippen LogP contribution is 2.36. The summed E-state index contributed by atoms with van der Waals surface area (Å²) in [7, 11) is 1.61. The molecule has 1 aliphatic heterocycles. The van der Waals surface area contributed by atoms with Gasteiger partial charge in [0.15, 0.2) is 0 Å². The number of hydrogen-bond donors (Lipinski definition) is 2. The largest absolute Gasteiger partial charge is 0.496 e. The average Bonchev–Trinajstić information content (AvgIpc) is 2.95. The SMILES string of the molecule is CCC(N)C(=O)NC1COc2ccccc2N(Cc2c(OC)ccc3cc(Br)ccc23)C1=O. The van der Waals surface area contributed by atoms with Crippen molar-refractivity contribution in [1.29, 1.82) is 0 Å². The summed E-state index contributed by atoms with van der Waals surface area (Å²) in [4.78, 5) is 27.8. The Kier molecular flexibility index (Phi) is 6.85. The molecule has 4 rings (SSSR count). The number of benzene rings is 3. The minimum Gasteiger partial charge on any atom is -0.496 e. The van der Waals surface area contributed by atoms with Crippen molar-refractivity contribution in [1.82, 2.24) is 5.32 Å². The summed E-state index contributed by atoms with van der Waals surface area (Å²) < 4.78 is 12.5. The van der Waals surface area contributed by atoms with Gasteiger partial charge < -0.3 is 25.4 Å². The van der Waals surface area contributed by atoms with Gasteiger partial charge in [0.05, 0.1) is 25.4 Å². The number of nitrogens with one attached hydrogen (secondary N) is 1. The lowest BCUT2D eigenvalue weighted by molar-refractivity contribution is -0.128. The second kappa shape index (κ2) is 9.80. The molecule has 2 amide bonds. The Labute approximate surface area is 201 Å². The first kappa shape index (κ1) is 23.1. The number of para-hydroxylation sites is 2. The molecule has 1 aliphatic rings. The van der Waals surface area contributed by atoms with Gasteiger partial charge in [-0.3, -0.25) is 9.59 Å². The van der Waals surface area contributed by atoms with Gasteiger partial charge in [-0.05, 0) is 47.5 Å². The maximum absolute atomic E-state index is 13.7. The van der Waals surface area contributed by atoms with E-state index in [2.05, 4.69) is 21.2 Å². The number of nitrogens with two attached hydrogens (primary N) is 1. The van der Waals surface area contributed by atoms with Crippen molar-refractivity contribution in [2.75, 3.05) is 18.6 Å². The number of rotatable bonds is 6. The Balaban J connectivity index is 1.77. The van der Waals surface area contributed by atoms with E-state index in [4.69, 9.17) is 15.2 Å². The van der Waals surface area contributed by atoms with E-state index in [-0.39, 0.29) is 25.0 Å². The third-order valence-corrected chi connectivity index (χ3v) is 6.30. The predicted molar refractivity (Wildman–Crippen MR) is 132 cm³/mol. The zero-order chi connectivity index (χ0) is 23.5. The smallest absolute Gasteiger partial charge is 0.253 e. The van der Waals surface area contributed by atoms with E-state index < -0.39 is 12.1 Å². The van der Waals surface area contributed by atoms with Crippen LogP contribution in [0.4, 0.5) is 5.69 Å². The number of carbonyl (C=O) groups excluding carboxylic acids is 2. The lowest BCUT2D eigenvalue weighted by Gasteiger charge is -2.26. The van der Waals surface area contributed by atoms with Gasteiger partial charge >= 0.3 is 0 Å². The molecule has 3 aromatic rings. The highest BCUT2D eigenvalue weighted by atomic mass is 79.9. The summed E-state index contributed by atoms with van der Waals surface area (Å²) in [5, 5.41) is 4.76. The van der Waals surface area contributed by atoms with Gasteiger partial charge in [0.25, 0.3) is 5.91 Å². The van der Waals surface area contributed by atoms with Gasteiger partial charge in [-0.25, -0.2) is 0 Å². The number of fused-ring (bicyclic) bond motifs is 2. The van der Waals surface area contributed by atoms with Crippen LogP contribution >= 0.6 is 15.9 Å². The molecule has 0 spiro atoms. The number of anilines is 1. The lowest BCUT2D eigenvalue weighted by atomic mass is 10.0. The van der Waals surface area contributed by atoms with Crippen molar-refractivity contribution in [2.24, 2.45) is 5.73 Å². The quantitative estimate of drug-likeness (QED) is 0.525. The van der Waals surface area contributed by atoms with E-state index in [1.54, 1.807) is 12.0 Å². The molecule has 0 saturated heterocycles. The normalized spacial score (nSPS) is 16.5. The molecule has 0 saturated carbocycles. The minimum atomic E-state index is -0.863. The van der Waals surface area contributed by atoms with E-state index >= 15 is 0 Å². The van der Waals surface area contributed by atoms with Crippen LogP contribution < -0.4 is 25.4 Å². The van der Waals surface area contributed by atoms with Gasteiger partial charge in [-0.1, -0.05) is 47.1 Å². The molecule has 0 radical (unpaired) electrons. The van der Waals surface area contributed by atoms with Crippen LogP contribution in [0.15, 0.2) is 59.1 Å². The van der Waals surface area contributed by atoms with Crippen LogP contribution in [0.5, 0.6) is 11.5 Å². The topological polar surface area (TPSA) is 93.9 Å². The van der Waals surface area contributed by atoms with Crippen molar-refractivity contribution in [2.45, 2.75) is 32.0 Å². The Hall–Kier alpha value is -3.10. The molecule has 0 aliphatic carbocycles. The number of halogens is 1. The number of nitrogens with zero attached hydrogens (tertiary/aromatic N) is 1. The maximum Gasteiger partial charge on any atom is 0.253 e. The second-order valence-electron chi connectivity index (χ2n) is 7.89. The van der Waals surface area contributed by atoms with E-state index in [9.17, 15) is 9.59 Å². The first-order valence-corrected chi connectivity index (χ1v) is 11.6. The molecule has 3 aromatic carbocycles. The predicted octanol–water partition coefficient (Wildman–Crippen LogP) is 3.76. The first-order chi connectivity index (χ1) is 15.9. The fourth-order valence-electron chi connectivity index (χ4n) is 3.94. The molecule has 172 valence electrons. The molecule has 1 heterocycles. The van der Waals surface area contributed by atoms with Gasteiger partial charge in [0, 0.05) is 10.0 Å². The highest BCUT2D eigenvalue weighted by Gasteiger charge is 2.34. The van der Waals surface area contributed by atoms with Crippen LogP contribution in [0.3, 0.4) is 0 Å². The lowest BCUT2D eigenvalue weighted by Crippen LogP contribution is -2.54. The van der Waals surface area contributed by atoms with Gasteiger partial charge in [-0.15, -0.1) is 0 Å². The molecule has 7 nitrogen and oxygen atoms in total. The van der Waals surface area contributed by atoms with Crippen LogP contribution in [0.1, 0.15) is 18.9 Å². The standard InChI is InChI=1S/C25H26BrN3O4/c1-3-19(27)24(30)28-20-14-33-23-7-5-4-6-21(23)29(25(20)31)13-18-17-10-9-16(26)12-15(17)8-11-22(18)32-2/h4-12,19-20H,3,13-14,27H2,1-2H3,(H,28,30). The van der Waals surface area contributed by atoms with Gasteiger partial charge in [0.1, 0.15) is 24.1 Å². The zero-order valence-electron chi connectivity index (χ0n) is 18.5. The average molecular weight is 512 g/mol. The summed E-state index contributed by atoms with van der Waals surface area (Å²) in [6.07, 6.45) is 0.473. The van der Waals surface area contributed by atoms with Crippen LogP contribution in [0, 0.1) is 0 Å². The molecule has 3 N–H and O–H groups in total. The summed E-state index contributed by atoms with van der Waals surface area (Å²) >= 11 is 3.52. The first-order valence-electron chi connectivity index (χ1n) is 10.8. The van der Waals surface area contributed by atoms with Crippen LogP contribution in [-0.4, -0.2) is 37.6 Å². The molecule has 8 heteroatoms. The summed E-state index contributed by atoms with van der Waals surface area (Å²) in [6, 6.07) is 15.7. The second-order valence-corrected chi connectivity index (χ2v) is 8.81. The molecule has 2 unspecified atom stereocenters. The van der Waals surface area contributed by atoms with Crippen LogP contribution in [0.25, 0.3) is 10.8 Å². The Morgan fingerprint density at radius 3 is 2.82 bits per heavy atom.